The largest absolute Gasteiger partial charge is 0.511 e. The Balaban J connectivity index is 3.29. The van der Waals surface area contributed by atoms with E-state index in [0.29, 0.717) is 12.4 Å². The third kappa shape index (κ3) is 21.8. The van der Waals surface area contributed by atoms with E-state index in [1.807, 2.05) is 0 Å². The molecule has 5 heteroatoms. The zero-order valence-electron chi connectivity index (χ0n) is 33.0. The summed E-state index contributed by atoms with van der Waals surface area (Å²) in [5.74, 6) is 0.530. The summed E-state index contributed by atoms with van der Waals surface area (Å²) in [6.07, 6.45) is 36.4. The van der Waals surface area contributed by atoms with E-state index in [9.17, 15) is 15.0 Å². The van der Waals surface area contributed by atoms with Crippen LogP contribution in [0.2, 0.25) is 0 Å². The summed E-state index contributed by atoms with van der Waals surface area (Å²) in [5, 5.41) is 21.6. The van der Waals surface area contributed by atoms with E-state index < -0.39 is 6.16 Å². The molecule has 0 heterocycles. The molecule has 0 radical (unpaired) electrons. The van der Waals surface area contributed by atoms with Gasteiger partial charge in [0.25, 0.3) is 0 Å². The first kappa shape index (κ1) is 45.1. The lowest BCUT2D eigenvalue weighted by Crippen LogP contribution is -2.12. The highest BCUT2D eigenvalue weighted by molar-refractivity contribution is 5.70. The highest BCUT2D eigenvalue weighted by Crippen LogP contribution is 2.47. The minimum Gasteiger partial charge on any atom is -0.504 e. The molecule has 0 atom stereocenters. The fraction of sp³-hybridized carbons (Fsp3) is 0.841. The zero-order valence-corrected chi connectivity index (χ0v) is 33.0. The molecular weight excluding hydrogens is 608 g/mol. The summed E-state index contributed by atoms with van der Waals surface area (Å²) in [6.45, 7) is 9.54. The molecule has 2 N–H and O–H groups in total. The van der Waals surface area contributed by atoms with Crippen LogP contribution >= 0.6 is 0 Å². The van der Waals surface area contributed by atoms with Gasteiger partial charge in [-0.05, 0) is 50.5 Å². The standard InChI is InChI=1S/C44H80O5/c1-5-9-13-17-21-25-29-33-37-48-42-40(36-32-28-24-20-16-12-8-4)38(34-30-26-22-18-14-10-6-2)39(41(45)43(42)49-44(46)47)35-31-27-23-19-15-11-7-3/h45H,5-37H2,1-4H3,(H,46,47). The van der Waals surface area contributed by atoms with Crippen LogP contribution in [0.5, 0.6) is 17.2 Å². The van der Waals surface area contributed by atoms with Gasteiger partial charge in [0.1, 0.15) is 0 Å². The average molecular weight is 689 g/mol. The predicted molar refractivity (Wildman–Crippen MR) is 210 cm³/mol. The van der Waals surface area contributed by atoms with E-state index in [2.05, 4.69) is 27.7 Å². The minimum atomic E-state index is -1.39. The molecule has 1 rings (SSSR count). The van der Waals surface area contributed by atoms with Crippen molar-refractivity contribution in [2.24, 2.45) is 0 Å². The number of ether oxygens (including phenoxy) is 2. The molecule has 0 aliphatic carbocycles. The van der Waals surface area contributed by atoms with Crippen molar-refractivity contribution >= 4 is 6.16 Å². The number of unbranched alkanes of at least 4 members (excludes halogenated alkanes) is 25. The van der Waals surface area contributed by atoms with Crippen molar-refractivity contribution in [3.05, 3.63) is 16.7 Å². The van der Waals surface area contributed by atoms with Gasteiger partial charge < -0.3 is 19.7 Å². The van der Waals surface area contributed by atoms with Crippen LogP contribution in [0.1, 0.15) is 231 Å². The maximum atomic E-state index is 12.0. The zero-order chi connectivity index (χ0) is 35.8. The second-order valence-electron chi connectivity index (χ2n) is 14.7. The number of hydrogen-bond donors (Lipinski definition) is 2. The first-order chi connectivity index (χ1) is 24.0. The lowest BCUT2D eigenvalue weighted by molar-refractivity contribution is 0.140. The van der Waals surface area contributed by atoms with Crippen LogP contribution < -0.4 is 9.47 Å². The highest BCUT2D eigenvalue weighted by atomic mass is 16.7. The van der Waals surface area contributed by atoms with Gasteiger partial charge in [0, 0.05) is 11.1 Å². The van der Waals surface area contributed by atoms with Gasteiger partial charge >= 0.3 is 6.16 Å². The van der Waals surface area contributed by atoms with Crippen molar-refractivity contribution in [3.8, 4) is 17.2 Å². The molecule has 0 fully saturated rings. The third-order valence-electron chi connectivity index (χ3n) is 10.2. The Morgan fingerprint density at radius 1 is 0.429 bits per heavy atom. The van der Waals surface area contributed by atoms with Gasteiger partial charge in [-0.3, -0.25) is 0 Å². The number of carbonyl (C=O) groups is 1. The Morgan fingerprint density at radius 3 is 1.14 bits per heavy atom. The molecule has 5 nitrogen and oxygen atoms in total. The third-order valence-corrected chi connectivity index (χ3v) is 10.2. The fourth-order valence-corrected chi connectivity index (χ4v) is 7.20. The molecule has 49 heavy (non-hydrogen) atoms. The van der Waals surface area contributed by atoms with Gasteiger partial charge in [-0.25, -0.2) is 4.79 Å². The Morgan fingerprint density at radius 2 is 0.755 bits per heavy atom. The lowest BCUT2D eigenvalue weighted by atomic mass is 9.88. The van der Waals surface area contributed by atoms with Crippen LogP contribution in [0.25, 0.3) is 0 Å². The van der Waals surface area contributed by atoms with E-state index in [0.717, 1.165) is 75.3 Å². The van der Waals surface area contributed by atoms with Crippen molar-refractivity contribution in [2.45, 2.75) is 233 Å². The predicted octanol–water partition coefficient (Wildman–Crippen LogP) is 14.8. The van der Waals surface area contributed by atoms with E-state index in [-0.39, 0.29) is 11.5 Å². The molecule has 0 bridgehead atoms. The van der Waals surface area contributed by atoms with Crippen molar-refractivity contribution in [1.82, 2.24) is 0 Å². The molecule has 0 saturated carbocycles. The first-order valence-electron chi connectivity index (χ1n) is 21.4. The molecule has 0 amide bonds. The Kier molecular flexibility index (Phi) is 29.5. The fourth-order valence-electron chi connectivity index (χ4n) is 7.20. The SMILES string of the molecule is CCCCCCCCCCOc1c(CCCCCCCCC)c(CCCCCCCCC)c(CCCCCCCCC)c(O)c1OC(=O)O. The van der Waals surface area contributed by atoms with Gasteiger partial charge in [-0.2, -0.15) is 0 Å². The van der Waals surface area contributed by atoms with Gasteiger partial charge in [0.15, 0.2) is 11.5 Å². The van der Waals surface area contributed by atoms with Gasteiger partial charge in [-0.1, -0.05) is 188 Å². The Hall–Kier alpha value is -1.91. The Bertz CT molecular complexity index is 927. The van der Waals surface area contributed by atoms with Crippen LogP contribution in [0.4, 0.5) is 4.79 Å². The van der Waals surface area contributed by atoms with Crippen LogP contribution in [0.3, 0.4) is 0 Å². The second kappa shape index (κ2) is 32.0. The monoisotopic (exact) mass is 689 g/mol. The van der Waals surface area contributed by atoms with Crippen LogP contribution in [-0.4, -0.2) is 23.0 Å². The number of rotatable bonds is 35. The molecule has 0 aliphatic rings. The molecule has 286 valence electrons. The van der Waals surface area contributed by atoms with E-state index >= 15 is 0 Å². The maximum absolute atomic E-state index is 12.0. The van der Waals surface area contributed by atoms with Crippen molar-refractivity contribution < 1.29 is 24.5 Å². The van der Waals surface area contributed by atoms with Crippen molar-refractivity contribution in [1.29, 1.82) is 0 Å². The number of phenolic OH excluding ortho intramolecular Hbond substituents is 1. The van der Waals surface area contributed by atoms with Crippen molar-refractivity contribution in [2.75, 3.05) is 6.61 Å². The smallest absolute Gasteiger partial charge is 0.504 e. The summed E-state index contributed by atoms with van der Waals surface area (Å²) in [4.78, 5) is 12.0. The van der Waals surface area contributed by atoms with Crippen LogP contribution in [0.15, 0.2) is 0 Å². The number of phenols is 1. The van der Waals surface area contributed by atoms with Gasteiger partial charge in [0.05, 0.1) is 6.61 Å². The minimum absolute atomic E-state index is 0.000526. The lowest BCUT2D eigenvalue weighted by Gasteiger charge is -2.24. The highest BCUT2D eigenvalue weighted by Gasteiger charge is 2.27. The summed E-state index contributed by atoms with van der Waals surface area (Å²) in [7, 11) is 0. The summed E-state index contributed by atoms with van der Waals surface area (Å²) >= 11 is 0. The molecule has 1 aromatic rings. The molecule has 0 aliphatic heterocycles. The van der Waals surface area contributed by atoms with E-state index in [1.165, 1.54) is 147 Å². The first-order valence-corrected chi connectivity index (χ1v) is 21.4. The van der Waals surface area contributed by atoms with E-state index in [4.69, 9.17) is 9.47 Å². The van der Waals surface area contributed by atoms with Crippen LogP contribution in [-0.2, 0) is 19.3 Å². The Labute approximate surface area is 303 Å². The quantitative estimate of drug-likeness (QED) is 0.0422. The molecule has 0 spiro atoms. The summed E-state index contributed by atoms with van der Waals surface area (Å²) < 4.78 is 11.9. The van der Waals surface area contributed by atoms with Crippen LogP contribution in [0, 0.1) is 0 Å². The molecule has 0 saturated heterocycles. The summed E-state index contributed by atoms with van der Waals surface area (Å²) in [5.41, 5.74) is 3.23. The molecule has 0 unspecified atom stereocenters. The average Bonchev–Trinajstić information content (AvgIpc) is 3.09. The normalized spacial score (nSPS) is 11.3. The number of carboxylic acid groups (broad SMARTS) is 1. The van der Waals surface area contributed by atoms with E-state index in [1.54, 1.807) is 0 Å². The number of benzene rings is 1. The number of aromatic hydroxyl groups is 1. The molecule has 1 aromatic carbocycles. The van der Waals surface area contributed by atoms with Gasteiger partial charge in [0.2, 0.25) is 5.75 Å². The van der Waals surface area contributed by atoms with Gasteiger partial charge in [-0.15, -0.1) is 0 Å². The van der Waals surface area contributed by atoms with Crippen molar-refractivity contribution in [3.63, 3.8) is 0 Å². The second-order valence-corrected chi connectivity index (χ2v) is 14.7. The number of hydrogen-bond acceptors (Lipinski definition) is 4. The molecular formula is C44H80O5. The topological polar surface area (TPSA) is 76.0 Å². The summed E-state index contributed by atoms with van der Waals surface area (Å²) in [6, 6.07) is 0. The molecule has 0 aromatic heterocycles. The maximum Gasteiger partial charge on any atom is 0.511 e.